The van der Waals surface area contributed by atoms with E-state index < -0.39 is 18.4 Å². The minimum atomic E-state index is -4.23. The van der Waals surface area contributed by atoms with Crippen LogP contribution in [-0.4, -0.2) is 32.1 Å². The molecule has 0 saturated heterocycles. The molecule has 1 aliphatic carbocycles. The lowest BCUT2D eigenvalue weighted by Gasteiger charge is -2.18. The van der Waals surface area contributed by atoms with Crippen LogP contribution in [0.2, 0.25) is 0 Å². The molecule has 0 aliphatic heterocycles. The van der Waals surface area contributed by atoms with E-state index in [0.29, 0.717) is 18.4 Å². The lowest BCUT2D eigenvalue weighted by atomic mass is 9.91. The molecule has 0 radical (unpaired) electrons. The number of aromatic nitrogens is 4. The van der Waals surface area contributed by atoms with Crippen LogP contribution in [0.15, 0.2) is 36.9 Å². The number of allylic oxidation sites excluding steroid dienone is 1. The summed E-state index contributed by atoms with van der Waals surface area (Å²) in [5.41, 5.74) is 3.19. The maximum absolute atomic E-state index is 14.3. The molecule has 3 aromatic heterocycles. The summed E-state index contributed by atoms with van der Waals surface area (Å²) in [6, 6.07) is 1.42. The zero-order chi connectivity index (χ0) is 19.0. The van der Waals surface area contributed by atoms with E-state index in [0.717, 1.165) is 16.8 Å². The summed E-state index contributed by atoms with van der Waals surface area (Å²) in [6.07, 6.45) is 4.68. The first-order chi connectivity index (χ1) is 12.9. The summed E-state index contributed by atoms with van der Waals surface area (Å²) in [6.45, 7) is -0.284. The smallest absolute Gasteiger partial charge is 0.354 e. The van der Waals surface area contributed by atoms with E-state index in [4.69, 9.17) is 0 Å². The van der Waals surface area contributed by atoms with Crippen LogP contribution in [0.4, 0.5) is 23.5 Å². The average Bonchev–Trinajstić information content (AvgIpc) is 3.09. The van der Waals surface area contributed by atoms with Crippen molar-refractivity contribution in [3.8, 4) is 0 Å². The van der Waals surface area contributed by atoms with Gasteiger partial charge >= 0.3 is 6.18 Å². The van der Waals surface area contributed by atoms with E-state index in [1.807, 2.05) is 6.08 Å². The number of anilines is 1. The Hall–Kier alpha value is -2.97. The zero-order valence-corrected chi connectivity index (χ0v) is 14.1. The molecule has 0 amide bonds. The third kappa shape index (κ3) is 3.62. The van der Waals surface area contributed by atoms with Crippen LogP contribution in [0, 0.1) is 5.82 Å². The highest BCUT2D eigenvalue weighted by Crippen LogP contribution is 2.31. The van der Waals surface area contributed by atoms with E-state index in [1.165, 1.54) is 12.3 Å². The Morgan fingerprint density at radius 1 is 1.22 bits per heavy atom. The van der Waals surface area contributed by atoms with Crippen molar-refractivity contribution < 1.29 is 17.6 Å². The van der Waals surface area contributed by atoms with E-state index >= 15 is 0 Å². The highest BCUT2D eigenvalue weighted by molar-refractivity contribution is 5.82. The fourth-order valence-electron chi connectivity index (χ4n) is 3.11. The van der Waals surface area contributed by atoms with Gasteiger partial charge < -0.3 is 9.72 Å². The lowest BCUT2D eigenvalue weighted by Crippen LogP contribution is -2.16. The minimum absolute atomic E-state index is 0.162. The average molecular weight is 377 g/mol. The molecule has 140 valence electrons. The van der Waals surface area contributed by atoms with E-state index in [1.54, 1.807) is 23.0 Å². The van der Waals surface area contributed by atoms with Crippen LogP contribution in [0.1, 0.15) is 29.7 Å². The molecule has 27 heavy (non-hydrogen) atoms. The van der Waals surface area contributed by atoms with Gasteiger partial charge in [-0.1, -0.05) is 6.08 Å². The molecule has 9 heteroatoms. The van der Waals surface area contributed by atoms with Gasteiger partial charge in [0.25, 0.3) is 0 Å². The number of alkyl halides is 3. The van der Waals surface area contributed by atoms with Gasteiger partial charge in [0.15, 0.2) is 11.5 Å². The molecule has 0 saturated carbocycles. The quantitative estimate of drug-likeness (QED) is 0.698. The second kappa shape index (κ2) is 6.64. The normalized spacial score (nSPS) is 14.1. The van der Waals surface area contributed by atoms with Crippen molar-refractivity contribution >= 4 is 17.2 Å². The molecule has 1 N–H and O–H groups in total. The Morgan fingerprint density at radius 2 is 2.07 bits per heavy atom. The van der Waals surface area contributed by atoms with Crippen molar-refractivity contribution in [2.75, 3.05) is 11.9 Å². The van der Waals surface area contributed by atoms with Crippen LogP contribution in [0.5, 0.6) is 0 Å². The first kappa shape index (κ1) is 17.4. The first-order valence-electron chi connectivity index (χ1n) is 8.40. The molecular weight excluding hydrogens is 362 g/mol. The van der Waals surface area contributed by atoms with Crippen LogP contribution >= 0.6 is 0 Å². The summed E-state index contributed by atoms with van der Waals surface area (Å²) < 4.78 is 52.7. The van der Waals surface area contributed by atoms with Crippen LogP contribution in [-0.2, 0) is 6.42 Å². The van der Waals surface area contributed by atoms with Crippen molar-refractivity contribution in [3.05, 3.63) is 59.6 Å². The molecule has 0 spiro atoms. The molecule has 1 aliphatic rings. The molecule has 3 aromatic rings. The fourth-order valence-corrected chi connectivity index (χ4v) is 3.11. The summed E-state index contributed by atoms with van der Waals surface area (Å²) in [5.74, 6) is -0.271. The molecule has 3 heterocycles. The molecule has 5 nitrogen and oxygen atoms in total. The molecule has 0 fully saturated rings. The molecule has 4 rings (SSSR count). The zero-order valence-electron chi connectivity index (χ0n) is 14.1. The molecule has 0 unspecified atom stereocenters. The second-order valence-corrected chi connectivity index (χ2v) is 6.24. The van der Waals surface area contributed by atoms with Crippen LogP contribution in [0.25, 0.3) is 11.2 Å². The lowest BCUT2D eigenvalue weighted by molar-refractivity contribution is -0.131. The number of aryl methyl sites for hydroxylation is 1. The minimum Gasteiger partial charge on any atom is -0.354 e. The summed E-state index contributed by atoms with van der Waals surface area (Å²) >= 11 is 0. The van der Waals surface area contributed by atoms with Gasteiger partial charge in [-0.2, -0.15) is 13.2 Å². The number of halogens is 4. The van der Waals surface area contributed by atoms with E-state index in [9.17, 15) is 17.6 Å². The predicted octanol–water partition coefficient (Wildman–Crippen LogP) is 4.01. The Balaban J connectivity index is 1.61. The number of hydrogen-bond acceptors (Lipinski definition) is 4. The standard InChI is InChI=1S/C18H15F4N5/c19-14-8-11(10-27-7-6-23-16(14)27)12-2-1-3-15-13(12)9-25-17(26-15)24-5-4-18(20,21)22/h2,6-10H,1,3-5H2,(H,24,25,26). The topological polar surface area (TPSA) is 55.1 Å². The molecule has 0 bridgehead atoms. The number of imidazole rings is 1. The highest BCUT2D eigenvalue weighted by atomic mass is 19.4. The van der Waals surface area contributed by atoms with Crippen molar-refractivity contribution in [2.24, 2.45) is 0 Å². The monoisotopic (exact) mass is 377 g/mol. The van der Waals surface area contributed by atoms with Gasteiger partial charge in [-0.3, -0.25) is 0 Å². The van der Waals surface area contributed by atoms with Gasteiger partial charge in [-0.15, -0.1) is 0 Å². The summed E-state index contributed by atoms with van der Waals surface area (Å²) in [7, 11) is 0. The Morgan fingerprint density at radius 3 is 2.89 bits per heavy atom. The van der Waals surface area contributed by atoms with Gasteiger partial charge in [0, 0.05) is 42.5 Å². The Bertz CT molecular complexity index is 1020. The first-order valence-corrected chi connectivity index (χ1v) is 8.40. The third-order valence-electron chi connectivity index (χ3n) is 4.33. The maximum atomic E-state index is 14.3. The number of rotatable bonds is 4. The van der Waals surface area contributed by atoms with Crippen molar-refractivity contribution in [1.82, 2.24) is 19.4 Å². The van der Waals surface area contributed by atoms with Crippen molar-refractivity contribution in [2.45, 2.75) is 25.4 Å². The van der Waals surface area contributed by atoms with E-state index in [2.05, 4.69) is 20.3 Å². The molecule has 0 aromatic carbocycles. The number of fused-ring (bicyclic) bond motifs is 2. The van der Waals surface area contributed by atoms with Gasteiger partial charge in [0.2, 0.25) is 5.95 Å². The van der Waals surface area contributed by atoms with Gasteiger partial charge in [-0.25, -0.2) is 19.3 Å². The van der Waals surface area contributed by atoms with Crippen LogP contribution < -0.4 is 5.32 Å². The summed E-state index contributed by atoms with van der Waals surface area (Å²) in [4.78, 5) is 12.4. The predicted molar refractivity (Wildman–Crippen MR) is 91.7 cm³/mol. The highest BCUT2D eigenvalue weighted by Gasteiger charge is 2.26. The number of nitrogens with zero attached hydrogens (tertiary/aromatic N) is 4. The number of pyridine rings is 1. The van der Waals surface area contributed by atoms with Gasteiger partial charge in [0.05, 0.1) is 12.1 Å². The molecule has 0 atom stereocenters. The number of hydrogen-bond donors (Lipinski definition) is 1. The number of nitrogens with one attached hydrogen (secondary N) is 1. The SMILES string of the molecule is Fc1cc(C2=CCCc3nc(NCCC(F)(F)F)ncc32)cn2ccnc12. The van der Waals surface area contributed by atoms with Crippen molar-refractivity contribution in [1.29, 1.82) is 0 Å². The second-order valence-electron chi connectivity index (χ2n) is 6.24. The Labute approximate surface area is 151 Å². The van der Waals surface area contributed by atoms with Crippen molar-refractivity contribution in [3.63, 3.8) is 0 Å². The summed E-state index contributed by atoms with van der Waals surface area (Å²) in [5, 5.41) is 2.60. The largest absolute Gasteiger partial charge is 0.390 e. The van der Waals surface area contributed by atoms with Crippen LogP contribution in [0.3, 0.4) is 0 Å². The third-order valence-corrected chi connectivity index (χ3v) is 4.33. The maximum Gasteiger partial charge on any atom is 0.390 e. The van der Waals surface area contributed by atoms with E-state index in [-0.39, 0.29) is 18.1 Å². The Kier molecular flexibility index (Phi) is 4.29. The van der Waals surface area contributed by atoms with Gasteiger partial charge in [0.1, 0.15) is 0 Å². The fraction of sp³-hybridized carbons (Fsp3) is 0.278. The van der Waals surface area contributed by atoms with Gasteiger partial charge in [-0.05, 0) is 24.5 Å². The molecular formula is C18H15F4N5.